The Kier molecular flexibility index (Phi) is 4.98. The lowest BCUT2D eigenvalue weighted by Gasteiger charge is -2.22. The third-order valence-corrected chi connectivity index (χ3v) is 3.93. The summed E-state index contributed by atoms with van der Waals surface area (Å²) >= 11 is 0. The standard InChI is InChI=1S/C15H23N3O2/c1-10-9-11(18-16)7-8-12(10)15(20)17-13-5-3-2-4-6-14(13)19/h7-9,13-14,18-19H,2-6,16H2,1H3,(H,17,20). The van der Waals surface area contributed by atoms with E-state index < -0.39 is 6.10 Å². The molecule has 0 spiro atoms. The lowest BCUT2D eigenvalue weighted by atomic mass is 10.0. The molecule has 0 heterocycles. The maximum atomic E-state index is 12.3. The monoisotopic (exact) mass is 277 g/mol. The highest BCUT2D eigenvalue weighted by atomic mass is 16.3. The predicted octanol–water partition coefficient (Wildman–Crippen LogP) is 1.70. The van der Waals surface area contributed by atoms with Gasteiger partial charge in [-0.25, -0.2) is 0 Å². The number of anilines is 1. The predicted molar refractivity (Wildman–Crippen MR) is 79.3 cm³/mol. The van der Waals surface area contributed by atoms with Gasteiger partial charge in [0.1, 0.15) is 0 Å². The van der Waals surface area contributed by atoms with Crippen LogP contribution in [0.2, 0.25) is 0 Å². The molecule has 1 aliphatic carbocycles. The van der Waals surface area contributed by atoms with Crippen LogP contribution < -0.4 is 16.6 Å². The van der Waals surface area contributed by atoms with E-state index in [1.165, 1.54) is 0 Å². The number of hydrogen-bond donors (Lipinski definition) is 4. The van der Waals surface area contributed by atoms with Gasteiger partial charge in [-0.15, -0.1) is 0 Å². The van der Waals surface area contributed by atoms with E-state index in [1.54, 1.807) is 12.1 Å². The maximum Gasteiger partial charge on any atom is 0.251 e. The van der Waals surface area contributed by atoms with Crippen molar-refractivity contribution in [2.75, 3.05) is 5.43 Å². The largest absolute Gasteiger partial charge is 0.391 e. The van der Waals surface area contributed by atoms with E-state index in [2.05, 4.69) is 10.7 Å². The van der Waals surface area contributed by atoms with E-state index in [4.69, 9.17) is 5.84 Å². The van der Waals surface area contributed by atoms with Crippen LogP contribution in [0.3, 0.4) is 0 Å². The van der Waals surface area contributed by atoms with Crippen LogP contribution in [0.5, 0.6) is 0 Å². The highest BCUT2D eigenvalue weighted by Crippen LogP contribution is 2.19. The van der Waals surface area contributed by atoms with Gasteiger partial charge in [0.05, 0.1) is 12.1 Å². The van der Waals surface area contributed by atoms with Crippen molar-refractivity contribution in [2.45, 2.75) is 51.2 Å². The van der Waals surface area contributed by atoms with Crippen molar-refractivity contribution in [3.63, 3.8) is 0 Å². The molecule has 1 saturated carbocycles. The minimum absolute atomic E-state index is 0.128. The molecule has 2 atom stereocenters. The molecule has 20 heavy (non-hydrogen) atoms. The highest BCUT2D eigenvalue weighted by molar-refractivity contribution is 5.96. The Labute approximate surface area is 119 Å². The van der Waals surface area contributed by atoms with Crippen molar-refractivity contribution >= 4 is 11.6 Å². The van der Waals surface area contributed by atoms with Gasteiger partial charge in [0.15, 0.2) is 0 Å². The number of benzene rings is 1. The minimum atomic E-state index is -0.438. The van der Waals surface area contributed by atoms with Crippen molar-refractivity contribution in [2.24, 2.45) is 5.84 Å². The number of amides is 1. The number of hydrazine groups is 1. The van der Waals surface area contributed by atoms with Gasteiger partial charge in [-0.3, -0.25) is 10.6 Å². The number of carbonyl (C=O) groups excluding carboxylic acids is 1. The number of hydrogen-bond acceptors (Lipinski definition) is 4. The Balaban J connectivity index is 2.07. The second kappa shape index (κ2) is 6.72. The highest BCUT2D eigenvalue weighted by Gasteiger charge is 2.24. The molecule has 2 unspecified atom stereocenters. The molecule has 1 aromatic carbocycles. The van der Waals surface area contributed by atoms with Gasteiger partial charge in [-0.05, 0) is 43.5 Å². The number of nitrogens with one attached hydrogen (secondary N) is 2. The Morgan fingerprint density at radius 2 is 2.05 bits per heavy atom. The molecule has 0 saturated heterocycles. The number of nitrogens with two attached hydrogens (primary N) is 1. The topological polar surface area (TPSA) is 87.4 Å². The molecule has 1 aliphatic rings. The first-order valence-corrected chi connectivity index (χ1v) is 7.18. The van der Waals surface area contributed by atoms with Crippen molar-refractivity contribution in [3.8, 4) is 0 Å². The minimum Gasteiger partial charge on any atom is -0.391 e. The maximum absolute atomic E-state index is 12.3. The van der Waals surface area contributed by atoms with Gasteiger partial charge in [0.2, 0.25) is 0 Å². The number of carbonyl (C=O) groups is 1. The quantitative estimate of drug-likeness (QED) is 0.385. The van der Waals surface area contributed by atoms with Crippen molar-refractivity contribution in [3.05, 3.63) is 29.3 Å². The van der Waals surface area contributed by atoms with Crippen LogP contribution in [0, 0.1) is 6.92 Å². The fourth-order valence-corrected chi connectivity index (χ4v) is 2.71. The Morgan fingerprint density at radius 3 is 2.75 bits per heavy atom. The van der Waals surface area contributed by atoms with Gasteiger partial charge in [-0.1, -0.05) is 19.3 Å². The van der Waals surface area contributed by atoms with Gasteiger partial charge in [0, 0.05) is 11.3 Å². The molecule has 0 aliphatic heterocycles. The molecule has 0 bridgehead atoms. The van der Waals surface area contributed by atoms with E-state index in [-0.39, 0.29) is 11.9 Å². The lowest BCUT2D eigenvalue weighted by Crippen LogP contribution is -2.42. The van der Waals surface area contributed by atoms with Crippen molar-refractivity contribution < 1.29 is 9.90 Å². The fourth-order valence-electron chi connectivity index (χ4n) is 2.71. The lowest BCUT2D eigenvalue weighted by molar-refractivity contribution is 0.0818. The average molecular weight is 277 g/mol. The second-order valence-electron chi connectivity index (χ2n) is 5.46. The molecule has 5 N–H and O–H groups in total. The van der Waals surface area contributed by atoms with E-state index >= 15 is 0 Å². The summed E-state index contributed by atoms with van der Waals surface area (Å²) in [6.07, 6.45) is 4.38. The SMILES string of the molecule is Cc1cc(NN)ccc1C(=O)NC1CCCCCC1O. The van der Waals surface area contributed by atoms with E-state index in [0.717, 1.165) is 43.4 Å². The Morgan fingerprint density at radius 1 is 1.30 bits per heavy atom. The number of aliphatic hydroxyl groups is 1. The smallest absolute Gasteiger partial charge is 0.251 e. The van der Waals surface area contributed by atoms with E-state index in [0.29, 0.717) is 5.56 Å². The van der Waals surface area contributed by atoms with Crippen LogP contribution >= 0.6 is 0 Å². The summed E-state index contributed by atoms with van der Waals surface area (Å²) in [5.74, 6) is 5.22. The van der Waals surface area contributed by atoms with Gasteiger partial charge in [0.25, 0.3) is 5.91 Å². The molecule has 5 heteroatoms. The molecule has 2 rings (SSSR count). The first-order chi connectivity index (χ1) is 9.61. The summed E-state index contributed by atoms with van der Waals surface area (Å²) in [6, 6.07) is 5.21. The molecule has 1 amide bonds. The molecule has 0 radical (unpaired) electrons. The molecule has 5 nitrogen and oxygen atoms in total. The van der Waals surface area contributed by atoms with Crippen LogP contribution in [0.15, 0.2) is 18.2 Å². The van der Waals surface area contributed by atoms with Gasteiger partial charge >= 0.3 is 0 Å². The molecular weight excluding hydrogens is 254 g/mol. The van der Waals surface area contributed by atoms with E-state index in [9.17, 15) is 9.90 Å². The first kappa shape index (κ1) is 14.8. The molecule has 1 fully saturated rings. The number of rotatable bonds is 3. The summed E-state index contributed by atoms with van der Waals surface area (Å²) in [5.41, 5.74) is 4.82. The zero-order chi connectivity index (χ0) is 14.5. The number of aryl methyl sites for hydroxylation is 1. The van der Waals surface area contributed by atoms with Crippen LogP contribution in [0.4, 0.5) is 5.69 Å². The summed E-state index contributed by atoms with van der Waals surface area (Å²) in [7, 11) is 0. The van der Waals surface area contributed by atoms with E-state index in [1.807, 2.05) is 13.0 Å². The van der Waals surface area contributed by atoms with Gasteiger partial charge in [-0.2, -0.15) is 0 Å². The summed E-state index contributed by atoms with van der Waals surface area (Å²) in [6.45, 7) is 1.87. The molecular formula is C15H23N3O2. The van der Waals surface area contributed by atoms with Crippen molar-refractivity contribution in [1.82, 2.24) is 5.32 Å². The van der Waals surface area contributed by atoms with Crippen LogP contribution in [0.1, 0.15) is 48.0 Å². The summed E-state index contributed by atoms with van der Waals surface area (Å²) < 4.78 is 0. The summed E-state index contributed by atoms with van der Waals surface area (Å²) in [5, 5.41) is 13.0. The van der Waals surface area contributed by atoms with Crippen molar-refractivity contribution in [1.29, 1.82) is 0 Å². The van der Waals surface area contributed by atoms with Gasteiger partial charge < -0.3 is 15.8 Å². The average Bonchev–Trinajstić information content (AvgIpc) is 2.64. The first-order valence-electron chi connectivity index (χ1n) is 7.18. The fraction of sp³-hybridized carbons (Fsp3) is 0.533. The zero-order valence-electron chi connectivity index (χ0n) is 11.9. The molecule has 0 aromatic heterocycles. The second-order valence-corrected chi connectivity index (χ2v) is 5.46. The third kappa shape index (κ3) is 3.49. The molecule has 1 aromatic rings. The normalized spacial score (nSPS) is 22.9. The zero-order valence-corrected chi connectivity index (χ0v) is 11.9. The molecule has 110 valence electrons. The van der Waals surface area contributed by atoms with Crippen LogP contribution in [-0.4, -0.2) is 23.2 Å². The van der Waals surface area contributed by atoms with Crippen LogP contribution in [0.25, 0.3) is 0 Å². The Hall–Kier alpha value is -1.59. The summed E-state index contributed by atoms with van der Waals surface area (Å²) in [4.78, 5) is 12.3. The third-order valence-electron chi connectivity index (χ3n) is 3.93. The van der Waals surface area contributed by atoms with Crippen LogP contribution in [-0.2, 0) is 0 Å². The number of aliphatic hydroxyl groups excluding tert-OH is 1. The Bertz CT molecular complexity index is 476. The number of nitrogen functional groups attached to an aromatic ring is 1.